The van der Waals surface area contributed by atoms with Crippen molar-refractivity contribution in [2.75, 3.05) is 37.6 Å². The number of carbonyl (C=O) groups excluding carboxylic acids is 1. The molecule has 2 aliphatic rings. The van der Waals surface area contributed by atoms with Gasteiger partial charge in [0.2, 0.25) is 5.95 Å². The van der Waals surface area contributed by atoms with Gasteiger partial charge in [-0.3, -0.25) is 4.90 Å². The lowest BCUT2D eigenvalue weighted by molar-refractivity contribution is -0.170. The number of aliphatic imine (C=N–C) groups is 1. The molecule has 2 fully saturated rings. The van der Waals surface area contributed by atoms with Crippen LogP contribution in [0.15, 0.2) is 40.7 Å². The number of carbonyl (C=O) groups is 1. The molecule has 0 bridgehead atoms. The van der Waals surface area contributed by atoms with E-state index in [1.165, 1.54) is 29.4 Å². The van der Waals surface area contributed by atoms with Crippen LogP contribution in [0.4, 0.5) is 28.3 Å². The fourth-order valence-electron chi connectivity index (χ4n) is 3.53. The third-order valence-electron chi connectivity index (χ3n) is 5.29. The number of anilines is 1. The molecule has 0 saturated carbocycles. The molecule has 0 atom stereocenters. The Hall–Kier alpha value is -4.01. The number of guanidine groups is 1. The minimum Gasteiger partial charge on any atom is -0.443 e. The van der Waals surface area contributed by atoms with E-state index in [4.69, 9.17) is 21.0 Å². The molecular formula is C21H22F4N8O3. The van der Waals surface area contributed by atoms with E-state index in [9.17, 15) is 22.4 Å². The first-order chi connectivity index (χ1) is 17.1. The number of rotatable bonds is 7. The number of amides is 1. The number of nitrogens with two attached hydrogens (primary N) is 2. The SMILES string of the molecule is NC(N)=NC(=O)OCc1cccc(-c2cnc(N3CC(=NOC4CN(CC(F)(F)F)C4)C3)nc2)c1F. The van der Waals surface area contributed by atoms with Gasteiger partial charge in [0.1, 0.15) is 12.4 Å². The number of oxime groups is 1. The van der Waals surface area contributed by atoms with Crippen molar-refractivity contribution in [1.82, 2.24) is 14.9 Å². The Balaban J connectivity index is 1.28. The molecule has 0 radical (unpaired) electrons. The number of ether oxygens (including phenoxy) is 1. The molecule has 2 saturated heterocycles. The maximum atomic E-state index is 14.9. The van der Waals surface area contributed by atoms with Gasteiger partial charge < -0.3 is 25.9 Å². The summed E-state index contributed by atoms with van der Waals surface area (Å²) in [5.41, 5.74) is 11.7. The highest BCUT2D eigenvalue weighted by atomic mass is 19.4. The molecule has 192 valence electrons. The molecule has 3 heterocycles. The summed E-state index contributed by atoms with van der Waals surface area (Å²) in [6.45, 7) is -0.145. The minimum absolute atomic E-state index is 0.118. The van der Waals surface area contributed by atoms with Gasteiger partial charge in [0.15, 0.2) is 12.1 Å². The first-order valence-corrected chi connectivity index (χ1v) is 10.7. The van der Waals surface area contributed by atoms with Crippen LogP contribution in [-0.4, -0.2) is 77.6 Å². The van der Waals surface area contributed by atoms with Gasteiger partial charge in [-0.25, -0.2) is 19.2 Å². The molecule has 0 aliphatic carbocycles. The Morgan fingerprint density at radius 3 is 2.50 bits per heavy atom. The average molecular weight is 510 g/mol. The van der Waals surface area contributed by atoms with Crippen LogP contribution >= 0.6 is 0 Å². The molecule has 0 spiro atoms. The van der Waals surface area contributed by atoms with Gasteiger partial charge >= 0.3 is 12.3 Å². The molecule has 15 heteroatoms. The molecule has 1 amide bonds. The Morgan fingerprint density at radius 2 is 1.86 bits per heavy atom. The van der Waals surface area contributed by atoms with Crippen molar-refractivity contribution in [2.45, 2.75) is 18.9 Å². The summed E-state index contributed by atoms with van der Waals surface area (Å²) >= 11 is 0. The number of halogens is 4. The molecule has 2 aromatic rings. The molecule has 36 heavy (non-hydrogen) atoms. The van der Waals surface area contributed by atoms with Crippen LogP contribution in [0, 0.1) is 5.82 Å². The first kappa shape index (κ1) is 25.1. The van der Waals surface area contributed by atoms with E-state index >= 15 is 0 Å². The predicted molar refractivity (Wildman–Crippen MR) is 120 cm³/mol. The number of nitrogens with zero attached hydrogens (tertiary/aromatic N) is 6. The maximum absolute atomic E-state index is 14.9. The largest absolute Gasteiger partial charge is 0.443 e. The second-order valence-corrected chi connectivity index (χ2v) is 8.19. The highest BCUT2D eigenvalue weighted by Gasteiger charge is 2.38. The van der Waals surface area contributed by atoms with E-state index in [2.05, 4.69) is 20.1 Å². The van der Waals surface area contributed by atoms with Crippen LogP contribution in [-0.2, 0) is 16.2 Å². The molecule has 4 N–H and O–H groups in total. The van der Waals surface area contributed by atoms with Crippen molar-refractivity contribution in [3.8, 4) is 11.1 Å². The lowest BCUT2D eigenvalue weighted by Gasteiger charge is -2.38. The van der Waals surface area contributed by atoms with Crippen LogP contribution in [0.1, 0.15) is 5.56 Å². The zero-order valence-electron chi connectivity index (χ0n) is 18.8. The third-order valence-corrected chi connectivity index (χ3v) is 5.29. The number of likely N-dealkylation sites (tertiary alicyclic amines) is 1. The van der Waals surface area contributed by atoms with E-state index in [0.29, 0.717) is 30.3 Å². The third kappa shape index (κ3) is 6.35. The van der Waals surface area contributed by atoms with Crippen LogP contribution in [0.25, 0.3) is 11.1 Å². The average Bonchev–Trinajstić information content (AvgIpc) is 2.74. The quantitative estimate of drug-likeness (QED) is 0.246. The van der Waals surface area contributed by atoms with Gasteiger partial charge in [-0.15, -0.1) is 4.99 Å². The van der Waals surface area contributed by atoms with E-state index in [1.54, 1.807) is 11.0 Å². The van der Waals surface area contributed by atoms with E-state index in [-0.39, 0.29) is 36.9 Å². The van der Waals surface area contributed by atoms with Crippen molar-refractivity contribution in [3.63, 3.8) is 0 Å². The van der Waals surface area contributed by atoms with Crippen LogP contribution in [0.3, 0.4) is 0 Å². The Labute approximate surface area is 202 Å². The molecular weight excluding hydrogens is 488 g/mol. The number of benzene rings is 1. The van der Waals surface area contributed by atoms with E-state index < -0.39 is 30.6 Å². The summed E-state index contributed by atoms with van der Waals surface area (Å²) in [7, 11) is 0. The Bertz CT molecular complexity index is 1150. The van der Waals surface area contributed by atoms with Crippen molar-refractivity contribution >= 4 is 23.7 Å². The lowest BCUT2D eigenvalue weighted by atomic mass is 10.1. The first-order valence-electron chi connectivity index (χ1n) is 10.7. The zero-order chi connectivity index (χ0) is 25.9. The monoisotopic (exact) mass is 510 g/mol. The minimum atomic E-state index is -4.22. The number of hydrogen-bond donors (Lipinski definition) is 2. The maximum Gasteiger partial charge on any atom is 0.437 e. The second kappa shape index (κ2) is 10.3. The van der Waals surface area contributed by atoms with Gasteiger partial charge in [0.25, 0.3) is 0 Å². The summed E-state index contributed by atoms with van der Waals surface area (Å²) in [5, 5.41) is 3.99. The number of hydrogen-bond acceptors (Lipinski definition) is 8. The molecule has 4 rings (SSSR count). The summed E-state index contributed by atoms with van der Waals surface area (Å²) in [6.07, 6.45) is -2.69. The van der Waals surface area contributed by atoms with Crippen molar-refractivity contribution < 1.29 is 31.9 Å². The summed E-state index contributed by atoms with van der Waals surface area (Å²) in [6, 6.07) is 4.59. The Morgan fingerprint density at radius 1 is 1.17 bits per heavy atom. The Kier molecular flexibility index (Phi) is 7.19. The number of alkyl halides is 3. The van der Waals surface area contributed by atoms with Gasteiger partial charge in [0, 0.05) is 42.2 Å². The number of aromatic nitrogens is 2. The van der Waals surface area contributed by atoms with Gasteiger partial charge in [-0.1, -0.05) is 23.4 Å². The van der Waals surface area contributed by atoms with Crippen molar-refractivity contribution in [3.05, 3.63) is 42.0 Å². The normalized spacial score (nSPS) is 16.1. The smallest absolute Gasteiger partial charge is 0.437 e. The van der Waals surface area contributed by atoms with Gasteiger partial charge in [-0.2, -0.15) is 13.2 Å². The summed E-state index contributed by atoms with van der Waals surface area (Å²) in [5.74, 6) is -0.666. The molecule has 11 nitrogen and oxygen atoms in total. The highest BCUT2D eigenvalue weighted by molar-refractivity contribution is 5.98. The highest BCUT2D eigenvalue weighted by Crippen LogP contribution is 2.26. The van der Waals surface area contributed by atoms with Crippen molar-refractivity contribution in [2.24, 2.45) is 21.6 Å². The van der Waals surface area contributed by atoms with Crippen LogP contribution in [0.5, 0.6) is 0 Å². The lowest BCUT2D eigenvalue weighted by Crippen LogP contribution is -2.55. The summed E-state index contributed by atoms with van der Waals surface area (Å²) in [4.78, 5) is 31.5. The molecule has 0 unspecified atom stereocenters. The van der Waals surface area contributed by atoms with Crippen LogP contribution < -0.4 is 16.4 Å². The fraction of sp³-hybridized carbons (Fsp3) is 0.381. The van der Waals surface area contributed by atoms with Gasteiger partial charge in [0.05, 0.1) is 25.3 Å². The molecule has 1 aromatic heterocycles. The van der Waals surface area contributed by atoms with Gasteiger partial charge in [-0.05, 0) is 0 Å². The fourth-order valence-corrected chi connectivity index (χ4v) is 3.53. The topological polar surface area (TPSA) is 145 Å². The second-order valence-electron chi connectivity index (χ2n) is 8.19. The summed E-state index contributed by atoms with van der Waals surface area (Å²) < 4.78 is 56.7. The molecule has 2 aliphatic heterocycles. The molecule has 1 aromatic carbocycles. The predicted octanol–water partition coefficient (Wildman–Crippen LogP) is 1.63. The van der Waals surface area contributed by atoms with E-state index in [1.807, 2.05) is 0 Å². The van der Waals surface area contributed by atoms with Crippen LogP contribution in [0.2, 0.25) is 0 Å². The zero-order valence-corrected chi connectivity index (χ0v) is 18.8. The van der Waals surface area contributed by atoms with E-state index in [0.717, 1.165) is 0 Å². The standard InChI is InChI=1S/C21H22F4N8O3/c22-17-12(10-35-20(34)30-18(26)27)2-1-3-16(17)13-4-28-19(29-5-13)33-6-14(7-33)31-36-15-8-32(9-15)11-21(23,24)25/h1-5,15H,6-11H2,(H4,26,27,30,34). The van der Waals surface area contributed by atoms with Crippen molar-refractivity contribution in [1.29, 1.82) is 0 Å².